The van der Waals surface area contributed by atoms with Crippen molar-refractivity contribution in [2.45, 2.75) is 0 Å². The number of fused-ring (bicyclic) bond motifs is 5. The average molecular weight is 744 g/mol. The minimum atomic E-state index is -2.75. The lowest BCUT2D eigenvalue weighted by Gasteiger charge is -2.40. The van der Waals surface area contributed by atoms with Crippen molar-refractivity contribution < 1.29 is 4.74 Å². The maximum Gasteiger partial charge on any atom is 0.188 e. The number of para-hydroxylation sites is 2. The molecule has 0 N–H and O–H groups in total. The number of nitrogens with zero attached hydrogens (tertiary/aromatic N) is 1. The number of ether oxygens (including phenoxy) is 1. The highest BCUT2D eigenvalue weighted by Crippen LogP contribution is 2.41. The van der Waals surface area contributed by atoms with Crippen molar-refractivity contribution in [3.05, 3.63) is 224 Å². The van der Waals surface area contributed by atoms with E-state index in [2.05, 4.69) is 229 Å². The summed E-state index contributed by atoms with van der Waals surface area (Å²) in [5, 5.41) is 12.6. The van der Waals surface area contributed by atoms with Crippen LogP contribution < -0.4 is 30.4 Å². The maximum atomic E-state index is 7.01. The fourth-order valence-electron chi connectivity index (χ4n) is 9.07. The van der Waals surface area contributed by atoms with E-state index in [0.717, 1.165) is 39.7 Å². The molecule has 11 rings (SSSR count). The van der Waals surface area contributed by atoms with Gasteiger partial charge in [0, 0.05) is 22.6 Å². The fraction of sp³-hybridized carbons (Fsp3) is 0. The molecule has 1 heterocycles. The molecule has 10 aromatic rings. The van der Waals surface area contributed by atoms with Crippen LogP contribution in [-0.2, 0) is 0 Å². The molecule has 0 bridgehead atoms. The van der Waals surface area contributed by atoms with Crippen LogP contribution in [0.4, 0.5) is 17.1 Å². The molecule has 0 amide bonds. The first-order valence-electron chi connectivity index (χ1n) is 19.6. The van der Waals surface area contributed by atoms with Gasteiger partial charge in [-0.25, -0.2) is 0 Å². The summed E-state index contributed by atoms with van der Waals surface area (Å²) in [5.74, 6) is 1.87. The minimum Gasteiger partial charge on any atom is -0.457 e. The van der Waals surface area contributed by atoms with Crippen LogP contribution in [0.1, 0.15) is 0 Å². The maximum absolute atomic E-state index is 7.01. The van der Waals surface area contributed by atoms with Gasteiger partial charge in [-0.15, -0.1) is 0 Å². The highest BCUT2D eigenvalue weighted by atomic mass is 28.3. The second kappa shape index (κ2) is 13.5. The van der Waals surface area contributed by atoms with E-state index in [1.54, 1.807) is 0 Å². The zero-order valence-electron chi connectivity index (χ0n) is 31.2. The Morgan fingerprint density at radius 3 is 1.51 bits per heavy atom. The van der Waals surface area contributed by atoms with Crippen molar-refractivity contribution in [1.82, 2.24) is 0 Å². The Kier molecular flexibility index (Phi) is 7.87. The lowest BCUT2D eigenvalue weighted by molar-refractivity contribution is 0.489. The third kappa shape index (κ3) is 5.47. The van der Waals surface area contributed by atoms with Crippen LogP contribution in [-0.4, -0.2) is 8.07 Å². The molecule has 0 atom stereocenters. The van der Waals surface area contributed by atoms with Gasteiger partial charge in [0.2, 0.25) is 0 Å². The van der Waals surface area contributed by atoms with E-state index in [1.165, 1.54) is 53.1 Å². The number of benzene rings is 10. The molecule has 1 aliphatic heterocycles. The molecule has 268 valence electrons. The molecule has 0 unspecified atom stereocenters. The lowest BCUT2D eigenvalue weighted by atomic mass is 10.0. The van der Waals surface area contributed by atoms with E-state index < -0.39 is 8.07 Å². The van der Waals surface area contributed by atoms with E-state index in [-0.39, 0.29) is 0 Å². The number of hydrogen-bond donors (Lipinski definition) is 0. The van der Waals surface area contributed by atoms with Crippen molar-refractivity contribution >= 4 is 78.2 Å². The van der Waals surface area contributed by atoms with Crippen LogP contribution in [0.15, 0.2) is 224 Å². The van der Waals surface area contributed by atoms with Crippen LogP contribution in [0.2, 0.25) is 0 Å². The van der Waals surface area contributed by atoms with Gasteiger partial charge in [-0.2, -0.15) is 0 Å². The van der Waals surface area contributed by atoms with Crippen molar-refractivity contribution in [3.63, 3.8) is 0 Å². The van der Waals surface area contributed by atoms with Crippen molar-refractivity contribution in [3.8, 4) is 22.6 Å². The molecule has 0 radical (unpaired) electrons. The Hall–Kier alpha value is -7.20. The summed E-state index contributed by atoms with van der Waals surface area (Å²) in [6.45, 7) is 0. The van der Waals surface area contributed by atoms with Crippen LogP contribution >= 0.6 is 0 Å². The highest BCUT2D eigenvalue weighted by molar-refractivity contribution is 7.20. The summed E-state index contributed by atoms with van der Waals surface area (Å²) in [6.07, 6.45) is 0. The first-order valence-corrected chi connectivity index (χ1v) is 21.6. The van der Waals surface area contributed by atoms with Crippen molar-refractivity contribution in [1.29, 1.82) is 0 Å². The minimum absolute atomic E-state index is 0.931. The topological polar surface area (TPSA) is 12.5 Å². The molecule has 57 heavy (non-hydrogen) atoms. The third-order valence-electron chi connectivity index (χ3n) is 11.7. The molecule has 1 aliphatic rings. The Balaban J connectivity index is 1.07. The summed E-state index contributed by atoms with van der Waals surface area (Å²) in [7, 11) is -2.75. The SMILES string of the molecule is c1ccc([Si]2(c3ccccc3)c3ccccc3Oc3c(-c4ccc(N(c5ccc6ccccc6c5)c5ccc6cc7ccccc7cc6c5)cc4)cccc32)cc1. The molecule has 0 saturated carbocycles. The molecule has 10 aromatic carbocycles. The Morgan fingerprint density at radius 2 is 0.825 bits per heavy atom. The molecule has 0 spiro atoms. The van der Waals surface area contributed by atoms with Gasteiger partial charge in [0.15, 0.2) is 8.07 Å². The largest absolute Gasteiger partial charge is 0.457 e. The second-order valence-corrected chi connectivity index (χ2v) is 18.6. The first kappa shape index (κ1) is 33.2. The Morgan fingerprint density at radius 1 is 0.333 bits per heavy atom. The van der Waals surface area contributed by atoms with Crippen LogP contribution in [0.3, 0.4) is 0 Å². The lowest BCUT2D eigenvalue weighted by Crippen LogP contribution is -2.76. The zero-order chi connectivity index (χ0) is 37.8. The van der Waals surface area contributed by atoms with Gasteiger partial charge in [-0.3, -0.25) is 0 Å². The van der Waals surface area contributed by atoms with Gasteiger partial charge >= 0.3 is 0 Å². The van der Waals surface area contributed by atoms with Crippen LogP contribution in [0, 0.1) is 0 Å². The van der Waals surface area contributed by atoms with Crippen LogP contribution in [0.25, 0.3) is 43.4 Å². The molecule has 0 saturated heterocycles. The monoisotopic (exact) mass is 743 g/mol. The van der Waals surface area contributed by atoms with Gasteiger partial charge < -0.3 is 9.64 Å². The summed E-state index contributed by atoms with van der Waals surface area (Å²) >= 11 is 0. The summed E-state index contributed by atoms with van der Waals surface area (Å²) in [6, 6.07) is 81.9. The third-order valence-corrected chi connectivity index (χ3v) is 16.5. The predicted molar refractivity (Wildman–Crippen MR) is 243 cm³/mol. The quantitative estimate of drug-likeness (QED) is 0.124. The van der Waals surface area contributed by atoms with E-state index in [9.17, 15) is 0 Å². The highest BCUT2D eigenvalue weighted by Gasteiger charge is 2.48. The van der Waals surface area contributed by atoms with Gasteiger partial charge in [0.05, 0.1) is 0 Å². The van der Waals surface area contributed by atoms with E-state index in [0.29, 0.717) is 0 Å². The molecular formula is C54H37NOSi. The van der Waals surface area contributed by atoms with Gasteiger partial charge in [-0.05, 0) is 113 Å². The number of rotatable bonds is 6. The molecule has 0 aliphatic carbocycles. The number of anilines is 3. The zero-order valence-corrected chi connectivity index (χ0v) is 32.2. The molecule has 3 heteroatoms. The summed E-state index contributed by atoms with van der Waals surface area (Å²) in [4.78, 5) is 2.38. The van der Waals surface area contributed by atoms with Gasteiger partial charge in [0.25, 0.3) is 0 Å². The Bertz CT molecular complexity index is 3060. The second-order valence-electron chi connectivity index (χ2n) is 14.9. The van der Waals surface area contributed by atoms with E-state index >= 15 is 0 Å². The average Bonchev–Trinajstić information content (AvgIpc) is 3.28. The van der Waals surface area contributed by atoms with Gasteiger partial charge in [0.1, 0.15) is 11.5 Å². The van der Waals surface area contributed by atoms with Gasteiger partial charge in [-0.1, -0.05) is 170 Å². The van der Waals surface area contributed by atoms with Crippen LogP contribution in [0.5, 0.6) is 11.5 Å². The summed E-state index contributed by atoms with van der Waals surface area (Å²) in [5.41, 5.74) is 5.51. The number of hydrogen-bond acceptors (Lipinski definition) is 2. The fourth-order valence-corrected chi connectivity index (χ4v) is 14.0. The standard InChI is InChI=1S/C54H37NOSi/c1-3-18-48(19-4-1)57(49-20-5-2-6-21-49)52-24-12-11-23-51(52)56-54-50(22-13-25-53(54)57)39-27-30-45(31-28-39)55(46-32-26-38-14-7-8-17-42(38)36-46)47-33-29-43-34-40-15-9-10-16-41(40)35-44(43)37-47/h1-37H. The van der Waals surface area contributed by atoms with Crippen molar-refractivity contribution in [2.75, 3.05) is 4.90 Å². The molecule has 0 aromatic heterocycles. The summed E-state index contributed by atoms with van der Waals surface area (Å²) < 4.78 is 7.01. The van der Waals surface area contributed by atoms with Crippen molar-refractivity contribution in [2.24, 2.45) is 0 Å². The van der Waals surface area contributed by atoms with E-state index in [1.807, 2.05) is 0 Å². The first-order chi connectivity index (χ1) is 28.2. The molecule has 0 fully saturated rings. The normalized spacial score (nSPS) is 12.8. The predicted octanol–water partition coefficient (Wildman–Crippen LogP) is 11.8. The smallest absolute Gasteiger partial charge is 0.188 e. The Labute approximate surface area is 333 Å². The van der Waals surface area contributed by atoms with E-state index in [4.69, 9.17) is 4.74 Å². The molecular weight excluding hydrogens is 707 g/mol. The molecule has 2 nitrogen and oxygen atoms in total.